The first kappa shape index (κ1) is 13.4. The number of carbonyl (C=O) groups is 2. The molecule has 0 spiro atoms. The lowest BCUT2D eigenvalue weighted by atomic mass is 10.1. The summed E-state index contributed by atoms with van der Waals surface area (Å²) < 4.78 is 0. The van der Waals surface area contributed by atoms with Crippen LogP contribution in [0.3, 0.4) is 0 Å². The summed E-state index contributed by atoms with van der Waals surface area (Å²) in [5.41, 5.74) is 6.09. The van der Waals surface area contributed by atoms with E-state index in [1.54, 1.807) is 11.1 Å². The number of aromatic nitrogens is 1. The van der Waals surface area contributed by atoms with Crippen LogP contribution in [0.5, 0.6) is 5.88 Å². The molecule has 6 heteroatoms. The highest BCUT2D eigenvalue weighted by molar-refractivity contribution is 6.00. The molecule has 2 heterocycles. The van der Waals surface area contributed by atoms with E-state index in [0.29, 0.717) is 24.9 Å². The molecule has 1 aromatic heterocycles. The number of nitrogens with zero attached hydrogens (tertiary/aromatic N) is 2. The predicted molar refractivity (Wildman–Crippen MR) is 76.1 cm³/mol. The summed E-state index contributed by atoms with van der Waals surface area (Å²) in [6.07, 6.45) is 2.01. The molecule has 0 radical (unpaired) electrons. The predicted octanol–water partition coefficient (Wildman–Crippen LogP) is 0.774. The standard InChI is InChI=1S/C15H15N3O3/c16-13(19)11-4-6-18(15(11)21)8-9-1-2-10-3-5-17-14(20)12(10)7-9/h1-3,5,7,11H,4,6,8H2,(H2,16,19)(H,17,20). The fraction of sp³-hybridized carbons (Fsp3) is 0.267. The molecule has 21 heavy (non-hydrogen) atoms. The third kappa shape index (κ3) is 2.40. The van der Waals surface area contributed by atoms with Crippen molar-refractivity contribution in [3.63, 3.8) is 0 Å². The molecular weight excluding hydrogens is 270 g/mol. The molecule has 3 rings (SSSR count). The number of rotatable bonds is 3. The second-order valence-electron chi connectivity index (χ2n) is 5.19. The van der Waals surface area contributed by atoms with Gasteiger partial charge in [-0.1, -0.05) is 12.1 Å². The fourth-order valence-corrected chi connectivity index (χ4v) is 2.68. The largest absolute Gasteiger partial charge is 0.493 e. The minimum absolute atomic E-state index is 0.0305. The van der Waals surface area contributed by atoms with Crippen LogP contribution in [0.4, 0.5) is 0 Å². The average molecular weight is 285 g/mol. The summed E-state index contributed by atoms with van der Waals surface area (Å²) in [6, 6.07) is 7.39. The second kappa shape index (κ2) is 5.05. The first-order chi connectivity index (χ1) is 10.1. The highest BCUT2D eigenvalue weighted by Gasteiger charge is 2.35. The Morgan fingerprint density at radius 3 is 2.95 bits per heavy atom. The van der Waals surface area contributed by atoms with E-state index in [0.717, 1.165) is 10.9 Å². The van der Waals surface area contributed by atoms with Gasteiger partial charge in [0, 0.05) is 24.7 Å². The first-order valence-electron chi connectivity index (χ1n) is 6.71. The zero-order valence-corrected chi connectivity index (χ0v) is 11.3. The Bertz CT molecular complexity index is 729. The van der Waals surface area contributed by atoms with E-state index in [-0.39, 0.29) is 11.8 Å². The molecule has 0 saturated carbocycles. The van der Waals surface area contributed by atoms with Crippen molar-refractivity contribution in [1.29, 1.82) is 0 Å². The molecule has 1 aromatic carbocycles. The minimum Gasteiger partial charge on any atom is -0.493 e. The van der Waals surface area contributed by atoms with Gasteiger partial charge in [-0.2, -0.15) is 0 Å². The highest BCUT2D eigenvalue weighted by Crippen LogP contribution is 2.25. The topological polar surface area (TPSA) is 96.5 Å². The Hall–Kier alpha value is -2.63. The van der Waals surface area contributed by atoms with Crippen molar-refractivity contribution in [3.8, 4) is 5.88 Å². The van der Waals surface area contributed by atoms with Gasteiger partial charge in [0.05, 0.1) is 0 Å². The van der Waals surface area contributed by atoms with Crippen LogP contribution in [-0.2, 0) is 16.1 Å². The molecule has 2 amide bonds. The zero-order valence-electron chi connectivity index (χ0n) is 11.3. The van der Waals surface area contributed by atoms with Crippen molar-refractivity contribution in [2.75, 3.05) is 6.54 Å². The van der Waals surface area contributed by atoms with Gasteiger partial charge < -0.3 is 15.7 Å². The molecule has 1 aliphatic heterocycles. The van der Waals surface area contributed by atoms with Gasteiger partial charge in [-0.3, -0.25) is 9.59 Å². The molecule has 3 N–H and O–H groups in total. The second-order valence-corrected chi connectivity index (χ2v) is 5.19. The summed E-state index contributed by atoms with van der Waals surface area (Å²) in [5.74, 6) is -1.53. The molecule has 1 fully saturated rings. The van der Waals surface area contributed by atoms with E-state index in [2.05, 4.69) is 4.98 Å². The van der Waals surface area contributed by atoms with E-state index in [1.807, 2.05) is 24.3 Å². The van der Waals surface area contributed by atoms with Crippen LogP contribution in [0.1, 0.15) is 12.0 Å². The Kier molecular flexibility index (Phi) is 3.21. The molecule has 6 nitrogen and oxygen atoms in total. The van der Waals surface area contributed by atoms with Crippen molar-refractivity contribution < 1.29 is 14.7 Å². The van der Waals surface area contributed by atoms with E-state index < -0.39 is 11.8 Å². The van der Waals surface area contributed by atoms with E-state index >= 15 is 0 Å². The van der Waals surface area contributed by atoms with E-state index in [1.165, 1.54) is 0 Å². The van der Waals surface area contributed by atoms with Gasteiger partial charge in [0.2, 0.25) is 17.7 Å². The lowest BCUT2D eigenvalue weighted by Crippen LogP contribution is -2.33. The van der Waals surface area contributed by atoms with Gasteiger partial charge in [-0.15, -0.1) is 0 Å². The maximum atomic E-state index is 12.0. The van der Waals surface area contributed by atoms with Crippen molar-refractivity contribution in [2.24, 2.45) is 11.7 Å². The van der Waals surface area contributed by atoms with Crippen LogP contribution in [-0.4, -0.2) is 33.3 Å². The molecule has 0 aliphatic carbocycles. The Morgan fingerprint density at radius 2 is 2.24 bits per heavy atom. The van der Waals surface area contributed by atoms with Crippen molar-refractivity contribution in [1.82, 2.24) is 9.88 Å². The number of pyridine rings is 1. The molecule has 1 atom stereocenters. The maximum absolute atomic E-state index is 12.0. The van der Waals surface area contributed by atoms with Gasteiger partial charge in [-0.25, -0.2) is 4.98 Å². The number of primary amides is 1. The molecule has 1 saturated heterocycles. The van der Waals surface area contributed by atoms with Gasteiger partial charge in [0.1, 0.15) is 5.92 Å². The van der Waals surface area contributed by atoms with Gasteiger partial charge in [0.25, 0.3) is 0 Å². The molecule has 1 aliphatic rings. The third-order valence-corrected chi connectivity index (χ3v) is 3.82. The lowest BCUT2D eigenvalue weighted by molar-refractivity contribution is -0.136. The number of carbonyl (C=O) groups excluding carboxylic acids is 2. The monoisotopic (exact) mass is 285 g/mol. The van der Waals surface area contributed by atoms with Crippen molar-refractivity contribution in [3.05, 3.63) is 36.0 Å². The van der Waals surface area contributed by atoms with Crippen LogP contribution >= 0.6 is 0 Å². The number of benzene rings is 1. The van der Waals surface area contributed by atoms with Crippen LogP contribution in [0.15, 0.2) is 30.5 Å². The number of hydrogen-bond donors (Lipinski definition) is 2. The number of amides is 2. The van der Waals surface area contributed by atoms with Crippen molar-refractivity contribution in [2.45, 2.75) is 13.0 Å². The number of aromatic hydroxyl groups is 1. The highest BCUT2D eigenvalue weighted by atomic mass is 16.3. The third-order valence-electron chi connectivity index (χ3n) is 3.82. The van der Waals surface area contributed by atoms with E-state index in [4.69, 9.17) is 5.73 Å². The summed E-state index contributed by atoms with van der Waals surface area (Å²) in [5, 5.41) is 11.3. The summed E-state index contributed by atoms with van der Waals surface area (Å²) in [6.45, 7) is 0.913. The van der Waals surface area contributed by atoms with Crippen LogP contribution < -0.4 is 5.73 Å². The number of hydrogen-bond acceptors (Lipinski definition) is 4. The van der Waals surface area contributed by atoms with Crippen LogP contribution in [0.25, 0.3) is 10.8 Å². The zero-order chi connectivity index (χ0) is 15.0. The Morgan fingerprint density at radius 1 is 1.43 bits per heavy atom. The van der Waals surface area contributed by atoms with Gasteiger partial charge in [0.15, 0.2) is 0 Å². The maximum Gasteiger partial charge on any atom is 0.235 e. The van der Waals surface area contributed by atoms with Crippen LogP contribution in [0.2, 0.25) is 0 Å². The fourth-order valence-electron chi connectivity index (χ4n) is 2.68. The number of likely N-dealkylation sites (tertiary alicyclic amines) is 1. The van der Waals surface area contributed by atoms with Gasteiger partial charge in [-0.05, 0) is 29.5 Å². The van der Waals surface area contributed by atoms with Gasteiger partial charge >= 0.3 is 0 Å². The van der Waals surface area contributed by atoms with Crippen molar-refractivity contribution >= 4 is 22.6 Å². The molecule has 1 unspecified atom stereocenters. The van der Waals surface area contributed by atoms with E-state index in [9.17, 15) is 14.7 Å². The molecule has 0 bridgehead atoms. The molecule has 108 valence electrons. The first-order valence-corrected chi connectivity index (χ1v) is 6.71. The normalized spacial score (nSPS) is 18.4. The quantitative estimate of drug-likeness (QED) is 0.814. The summed E-state index contributed by atoms with van der Waals surface area (Å²) >= 11 is 0. The van der Waals surface area contributed by atoms with Crippen LogP contribution in [0, 0.1) is 5.92 Å². The Labute approximate surface area is 121 Å². The number of nitrogens with two attached hydrogens (primary N) is 1. The summed E-state index contributed by atoms with van der Waals surface area (Å²) in [4.78, 5) is 28.7. The Balaban J connectivity index is 1.84. The molecular formula is C15H15N3O3. The SMILES string of the molecule is NC(=O)C1CCN(Cc2ccc3ccnc(O)c3c2)C1=O. The minimum atomic E-state index is -0.708. The number of fused-ring (bicyclic) bond motifs is 1. The smallest absolute Gasteiger partial charge is 0.235 e. The molecule has 2 aromatic rings. The summed E-state index contributed by atoms with van der Waals surface area (Å²) in [7, 11) is 0. The lowest BCUT2D eigenvalue weighted by Gasteiger charge is -2.16. The average Bonchev–Trinajstić information content (AvgIpc) is 2.81.